The number of halogens is 1. The summed E-state index contributed by atoms with van der Waals surface area (Å²) in [6.45, 7) is 1.76. The SMILES string of the molecule is CCOCC(=O)N(CCc1ccccc1OC)C1CC(C(=O)NCCO)=CC(Oc2c(I)cc(CO)cc2OC)C1O. The molecule has 0 fully saturated rings. The van der Waals surface area contributed by atoms with E-state index in [2.05, 4.69) is 27.9 Å². The molecule has 0 spiro atoms. The maximum absolute atomic E-state index is 13.5. The Morgan fingerprint density at radius 3 is 2.52 bits per heavy atom. The van der Waals surface area contributed by atoms with Gasteiger partial charge in [0, 0.05) is 31.7 Å². The monoisotopic (exact) mass is 698 g/mol. The lowest BCUT2D eigenvalue weighted by Gasteiger charge is -2.40. The molecule has 0 aliphatic heterocycles. The van der Waals surface area contributed by atoms with E-state index in [4.69, 9.17) is 18.9 Å². The maximum atomic E-state index is 13.5. The van der Waals surface area contributed by atoms with Crippen molar-refractivity contribution >= 4 is 34.4 Å². The molecular formula is C30H39IN2O9. The number of nitrogens with one attached hydrogen (secondary N) is 1. The Labute approximate surface area is 259 Å². The number of nitrogens with zero attached hydrogens (tertiary/aromatic N) is 1. The molecule has 3 rings (SSSR count). The first-order chi connectivity index (χ1) is 20.3. The summed E-state index contributed by atoms with van der Waals surface area (Å²) in [5.41, 5.74) is 1.80. The Bertz CT molecular complexity index is 1240. The average molecular weight is 699 g/mol. The molecule has 2 aromatic carbocycles. The highest BCUT2D eigenvalue weighted by atomic mass is 127. The topological polar surface area (TPSA) is 147 Å². The molecule has 12 heteroatoms. The number of aliphatic hydroxyl groups is 3. The van der Waals surface area contributed by atoms with Crippen molar-refractivity contribution in [2.24, 2.45) is 0 Å². The molecule has 2 aromatic rings. The van der Waals surface area contributed by atoms with Gasteiger partial charge in [-0.2, -0.15) is 0 Å². The van der Waals surface area contributed by atoms with E-state index in [0.29, 0.717) is 45.0 Å². The zero-order valence-electron chi connectivity index (χ0n) is 24.0. The average Bonchev–Trinajstić information content (AvgIpc) is 3.00. The minimum absolute atomic E-state index is 0.0457. The second-order valence-corrected chi connectivity index (χ2v) is 10.7. The zero-order chi connectivity index (χ0) is 30.6. The summed E-state index contributed by atoms with van der Waals surface area (Å²) < 4.78 is 23.3. The molecule has 0 saturated carbocycles. The molecule has 0 heterocycles. The summed E-state index contributed by atoms with van der Waals surface area (Å²) in [5, 5.41) is 33.2. The number of para-hydroxylation sites is 1. The number of amides is 2. The van der Waals surface area contributed by atoms with Gasteiger partial charge in [-0.1, -0.05) is 18.2 Å². The molecule has 42 heavy (non-hydrogen) atoms. The van der Waals surface area contributed by atoms with Crippen molar-refractivity contribution < 1.29 is 43.9 Å². The first-order valence-electron chi connectivity index (χ1n) is 13.7. The third-order valence-electron chi connectivity index (χ3n) is 6.90. The number of carbonyl (C=O) groups is 2. The first-order valence-corrected chi connectivity index (χ1v) is 14.8. The molecule has 3 atom stereocenters. The van der Waals surface area contributed by atoms with E-state index in [1.54, 1.807) is 26.2 Å². The second-order valence-electron chi connectivity index (χ2n) is 9.57. The van der Waals surface area contributed by atoms with Gasteiger partial charge in [-0.3, -0.25) is 9.59 Å². The number of aliphatic hydroxyl groups excluding tert-OH is 3. The highest BCUT2D eigenvalue weighted by molar-refractivity contribution is 14.1. The minimum atomic E-state index is -1.22. The third-order valence-corrected chi connectivity index (χ3v) is 7.71. The fourth-order valence-electron chi connectivity index (χ4n) is 4.79. The third kappa shape index (κ3) is 8.57. The van der Waals surface area contributed by atoms with Crippen molar-refractivity contribution in [2.45, 2.75) is 44.6 Å². The van der Waals surface area contributed by atoms with Gasteiger partial charge < -0.3 is 44.5 Å². The molecule has 0 aromatic heterocycles. The standard InChI is InChI=1S/C30H39IN2O9/c1-4-41-18-27(36)33(11-9-20-7-5-6-8-24(20)39-2)23-15-21(30(38)32-10-12-34)16-25(28(23)37)42-29-22(31)13-19(17-35)14-26(29)40-3/h5-8,13-14,16,23,25,28,34-35,37H,4,9-12,15,17-18H2,1-3H3,(H,32,38). The quantitative estimate of drug-likeness (QED) is 0.205. The lowest BCUT2D eigenvalue weighted by atomic mass is 9.88. The first kappa shape index (κ1) is 33.6. The van der Waals surface area contributed by atoms with Crippen molar-refractivity contribution in [3.63, 3.8) is 0 Å². The van der Waals surface area contributed by atoms with Crippen LogP contribution in [0.15, 0.2) is 48.0 Å². The summed E-state index contributed by atoms with van der Waals surface area (Å²) in [6.07, 6.45) is -0.231. The van der Waals surface area contributed by atoms with Gasteiger partial charge in [0.05, 0.1) is 37.0 Å². The van der Waals surface area contributed by atoms with E-state index >= 15 is 0 Å². The summed E-state index contributed by atoms with van der Waals surface area (Å²) in [7, 11) is 3.05. The van der Waals surface area contributed by atoms with Crippen molar-refractivity contribution in [1.29, 1.82) is 0 Å². The summed E-state index contributed by atoms with van der Waals surface area (Å²) in [5.74, 6) is 0.574. The van der Waals surface area contributed by atoms with Crippen LogP contribution in [0.25, 0.3) is 0 Å². The highest BCUT2D eigenvalue weighted by Crippen LogP contribution is 2.37. The van der Waals surface area contributed by atoms with Gasteiger partial charge in [0.2, 0.25) is 11.8 Å². The lowest BCUT2D eigenvalue weighted by molar-refractivity contribution is -0.143. The van der Waals surface area contributed by atoms with Crippen molar-refractivity contribution in [3.05, 3.63) is 62.7 Å². The predicted molar refractivity (Wildman–Crippen MR) is 164 cm³/mol. The lowest BCUT2D eigenvalue weighted by Crippen LogP contribution is -2.56. The Hall–Kier alpha value is -2.91. The number of hydrogen-bond donors (Lipinski definition) is 4. The molecule has 11 nitrogen and oxygen atoms in total. The maximum Gasteiger partial charge on any atom is 0.248 e. The van der Waals surface area contributed by atoms with Gasteiger partial charge in [-0.25, -0.2) is 0 Å². The molecule has 4 N–H and O–H groups in total. The summed E-state index contributed by atoms with van der Waals surface area (Å²) in [4.78, 5) is 28.1. The van der Waals surface area contributed by atoms with Crippen LogP contribution in [-0.2, 0) is 27.4 Å². The van der Waals surface area contributed by atoms with E-state index in [1.165, 1.54) is 18.1 Å². The summed E-state index contributed by atoms with van der Waals surface area (Å²) >= 11 is 2.05. The minimum Gasteiger partial charge on any atom is -0.496 e. The smallest absolute Gasteiger partial charge is 0.248 e. The molecule has 0 bridgehead atoms. The van der Waals surface area contributed by atoms with Crippen LogP contribution in [-0.4, -0.2) is 97.4 Å². The number of ether oxygens (including phenoxy) is 4. The Morgan fingerprint density at radius 1 is 1.12 bits per heavy atom. The zero-order valence-corrected chi connectivity index (χ0v) is 26.2. The molecule has 1 aliphatic rings. The number of hydrogen-bond acceptors (Lipinski definition) is 9. The van der Waals surface area contributed by atoms with E-state index < -0.39 is 24.2 Å². The molecule has 2 amide bonds. The highest BCUT2D eigenvalue weighted by Gasteiger charge is 2.41. The second kappa shape index (κ2) is 16.7. The number of carbonyl (C=O) groups excluding carboxylic acids is 2. The van der Waals surface area contributed by atoms with Crippen LogP contribution < -0.4 is 19.5 Å². The van der Waals surface area contributed by atoms with Crippen LogP contribution in [0.1, 0.15) is 24.5 Å². The van der Waals surface area contributed by atoms with Gasteiger partial charge in [0.25, 0.3) is 0 Å². The van der Waals surface area contributed by atoms with Crippen LogP contribution in [0.4, 0.5) is 0 Å². The van der Waals surface area contributed by atoms with Crippen LogP contribution in [0.5, 0.6) is 17.2 Å². The fourth-order valence-corrected chi connectivity index (χ4v) is 5.59. The molecule has 1 aliphatic carbocycles. The Balaban J connectivity index is 2.00. The molecule has 0 saturated heterocycles. The van der Waals surface area contributed by atoms with Gasteiger partial charge in [-0.15, -0.1) is 0 Å². The van der Waals surface area contributed by atoms with E-state index in [9.17, 15) is 24.9 Å². The van der Waals surface area contributed by atoms with Crippen LogP contribution in [0, 0.1) is 3.57 Å². The largest absolute Gasteiger partial charge is 0.496 e. The molecule has 3 unspecified atom stereocenters. The fraction of sp³-hybridized carbons (Fsp3) is 0.467. The normalized spacial score (nSPS) is 18.2. The predicted octanol–water partition coefficient (Wildman–Crippen LogP) is 1.82. The van der Waals surface area contributed by atoms with E-state index in [1.807, 2.05) is 24.3 Å². The summed E-state index contributed by atoms with van der Waals surface area (Å²) in [6, 6.07) is 10.0. The Kier molecular flexibility index (Phi) is 13.3. The van der Waals surface area contributed by atoms with Crippen molar-refractivity contribution in [3.8, 4) is 17.2 Å². The number of rotatable bonds is 15. The number of methoxy groups -OCH3 is 2. The van der Waals surface area contributed by atoms with E-state index in [-0.39, 0.29) is 45.2 Å². The van der Waals surface area contributed by atoms with Gasteiger partial charge in [-0.05, 0) is 71.3 Å². The van der Waals surface area contributed by atoms with Crippen LogP contribution >= 0.6 is 22.6 Å². The number of benzene rings is 2. The molecular weight excluding hydrogens is 659 g/mol. The van der Waals surface area contributed by atoms with Crippen molar-refractivity contribution in [2.75, 3.05) is 47.1 Å². The van der Waals surface area contributed by atoms with E-state index in [0.717, 1.165) is 5.56 Å². The molecule has 230 valence electrons. The van der Waals surface area contributed by atoms with Crippen LogP contribution in [0.2, 0.25) is 0 Å². The van der Waals surface area contributed by atoms with Gasteiger partial charge >= 0.3 is 0 Å². The van der Waals surface area contributed by atoms with Gasteiger partial charge in [0.1, 0.15) is 24.6 Å². The van der Waals surface area contributed by atoms with Gasteiger partial charge in [0.15, 0.2) is 11.5 Å². The van der Waals surface area contributed by atoms with Crippen LogP contribution in [0.3, 0.4) is 0 Å². The van der Waals surface area contributed by atoms with Crippen molar-refractivity contribution in [1.82, 2.24) is 10.2 Å². The molecule has 0 radical (unpaired) electrons. The Morgan fingerprint density at radius 2 is 1.86 bits per heavy atom.